The normalized spacial score (nSPS) is 13.6. The topological polar surface area (TPSA) is 125 Å². The number of carbonyl (C=O) groups is 3. The maximum atomic E-state index is 12.5. The number of aliphatic carboxylic acids is 1. The van der Waals surface area contributed by atoms with Gasteiger partial charge in [0.2, 0.25) is 5.91 Å². The SMILES string of the molecule is C[C@@H](O)[C@H](NC(=O)OCc1ccccc1)C(=O)N[C@H](Cc1ccccc1)C(=O)O. The van der Waals surface area contributed by atoms with Crippen LogP contribution in [0, 0.1) is 0 Å². The fourth-order valence-corrected chi connectivity index (χ4v) is 2.61. The number of amides is 2. The molecule has 0 radical (unpaired) electrons. The van der Waals surface area contributed by atoms with Crippen LogP contribution in [0.5, 0.6) is 0 Å². The van der Waals surface area contributed by atoms with E-state index in [9.17, 15) is 24.6 Å². The molecule has 2 aromatic rings. The zero-order valence-electron chi connectivity index (χ0n) is 15.9. The van der Waals surface area contributed by atoms with E-state index in [2.05, 4.69) is 10.6 Å². The molecule has 0 bridgehead atoms. The van der Waals surface area contributed by atoms with E-state index >= 15 is 0 Å². The highest BCUT2D eigenvalue weighted by Gasteiger charge is 2.30. The summed E-state index contributed by atoms with van der Waals surface area (Å²) in [6.45, 7) is 1.31. The lowest BCUT2D eigenvalue weighted by Crippen LogP contribution is -2.56. The molecule has 8 nitrogen and oxygen atoms in total. The van der Waals surface area contributed by atoms with Crippen molar-refractivity contribution in [2.45, 2.75) is 38.1 Å². The summed E-state index contributed by atoms with van der Waals surface area (Å²) in [6.07, 6.45) is -2.09. The monoisotopic (exact) mass is 400 g/mol. The van der Waals surface area contributed by atoms with E-state index < -0.39 is 36.2 Å². The zero-order valence-corrected chi connectivity index (χ0v) is 15.9. The molecule has 0 saturated carbocycles. The van der Waals surface area contributed by atoms with Crippen molar-refractivity contribution in [1.82, 2.24) is 10.6 Å². The zero-order chi connectivity index (χ0) is 21.2. The number of alkyl carbamates (subject to hydrolysis) is 1. The summed E-state index contributed by atoms with van der Waals surface area (Å²) < 4.78 is 5.05. The highest BCUT2D eigenvalue weighted by molar-refractivity contribution is 5.89. The fraction of sp³-hybridized carbons (Fsp3) is 0.286. The Morgan fingerprint density at radius 3 is 2.00 bits per heavy atom. The van der Waals surface area contributed by atoms with Crippen molar-refractivity contribution in [3.63, 3.8) is 0 Å². The fourth-order valence-electron chi connectivity index (χ4n) is 2.61. The summed E-state index contributed by atoms with van der Waals surface area (Å²) in [5.41, 5.74) is 1.48. The molecule has 0 aliphatic rings. The lowest BCUT2D eigenvalue weighted by Gasteiger charge is -2.23. The van der Waals surface area contributed by atoms with Crippen LogP contribution in [0.2, 0.25) is 0 Å². The van der Waals surface area contributed by atoms with E-state index in [1.165, 1.54) is 6.92 Å². The molecule has 4 N–H and O–H groups in total. The third kappa shape index (κ3) is 7.27. The number of rotatable bonds is 9. The van der Waals surface area contributed by atoms with Crippen molar-refractivity contribution in [3.8, 4) is 0 Å². The Hall–Kier alpha value is -3.39. The van der Waals surface area contributed by atoms with E-state index in [0.717, 1.165) is 11.1 Å². The average molecular weight is 400 g/mol. The lowest BCUT2D eigenvalue weighted by atomic mass is 10.0. The van der Waals surface area contributed by atoms with Crippen LogP contribution >= 0.6 is 0 Å². The quantitative estimate of drug-likeness (QED) is 0.505. The van der Waals surface area contributed by atoms with Gasteiger partial charge in [0, 0.05) is 6.42 Å². The number of carboxylic acid groups (broad SMARTS) is 1. The van der Waals surface area contributed by atoms with Gasteiger partial charge in [-0.15, -0.1) is 0 Å². The largest absolute Gasteiger partial charge is 0.480 e. The standard InChI is InChI=1S/C21H24N2O6/c1-14(24)18(23-21(28)29-13-16-10-6-3-7-11-16)19(25)22-17(20(26)27)12-15-8-4-2-5-9-15/h2-11,14,17-18,24H,12-13H2,1H3,(H,22,25)(H,23,28)(H,26,27)/t14-,17-,18+/m1/s1. The molecule has 0 fully saturated rings. The number of carboxylic acids is 1. The number of ether oxygens (including phenoxy) is 1. The first-order valence-electron chi connectivity index (χ1n) is 9.09. The molecule has 0 spiro atoms. The number of hydrogen-bond donors (Lipinski definition) is 4. The third-order valence-electron chi connectivity index (χ3n) is 4.15. The molecule has 0 unspecified atom stereocenters. The van der Waals surface area contributed by atoms with E-state index in [0.29, 0.717) is 0 Å². The number of aliphatic hydroxyl groups excluding tert-OH is 1. The van der Waals surface area contributed by atoms with Gasteiger partial charge in [-0.1, -0.05) is 60.7 Å². The predicted molar refractivity (Wildman–Crippen MR) is 105 cm³/mol. The third-order valence-corrected chi connectivity index (χ3v) is 4.15. The molecule has 0 aromatic heterocycles. The van der Waals surface area contributed by atoms with Gasteiger partial charge in [0.1, 0.15) is 18.7 Å². The van der Waals surface area contributed by atoms with Gasteiger partial charge in [0.25, 0.3) is 0 Å². The van der Waals surface area contributed by atoms with Crippen molar-refractivity contribution >= 4 is 18.0 Å². The van der Waals surface area contributed by atoms with Crippen LogP contribution in [0.25, 0.3) is 0 Å². The Morgan fingerprint density at radius 1 is 0.931 bits per heavy atom. The first-order chi connectivity index (χ1) is 13.9. The number of aliphatic hydroxyl groups is 1. The summed E-state index contributed by atoms with van der Waals surface area (Å²) in [5, 5.41) is 23.9. The minimum Gasteiger partial charge on any atom is -0.480 e. The maximum absolute atomic E-state index is 12.5. The van der Waals surface area contributed by atoms with Gasteiger partial charge in [0.15, 0.2) is 0 Å². The first-order valence-corrected chi connectivity index (χ1v) is 9.09. The molecule has 0 aliphatic carbocycles. The molecule has 0 aliphatic heterocycles. The van der Waals surface area contributed by atoms with Crippen molar-refractivity contribution in [3.05, 3.63) is 71.8 Å². The number of nitrogens with one attached hydrogen (secondary N) is 2. The predicted octanol–water partition coefficient (Wildman–Crippen LogP) is 1.47. The van der Waals surface area contributed by atoms with Crippen LogP contribution in [0.15, 0.2) is 60.7 Å². The van der Waals surface area contributed by atoms with Crippen molar-refractivity contribution < 1.29 is 29.3 Å². The van der Waals surface area contributed by atoms with E-state index in [-0.39, 0.29) is 13.0 Å². The Balaban J connectivity index is 1.96. The number of hydrogen-bond acceptors (Lipinski definition) is 5. The maximum Gasteiger partial charge on any atom is 0.408 e. The van der Waals surface area contributed by atoms with Crippen LogP contribution in [0.1, 0.15) is 18.1 Å². The molecular formula is C21H24N2O6. The van der Waals surface area contributed by atoms with Gasteiger partial charge < -0.3 is 25.6 Å². The second kappa shape index (κ2) is 10.8. The van der Waals surface area contributed by atoms with Gasteiger partial charge in [-0.3, -0.25) is 4.79 Å². The Kier molecular flexibility index (Phi) is 8.17. The molecule has 29 heavy (non-hydrogen) atoms. The highest BCUT2D eigenvalue weighted by Crippen LogP contribution is 2.05. The lowest BCUT2D eigenvalue weighted by molar-refractivity contribution is -0.142. The summed E-state index contributed by atoms with van der Waals surface area (Å²) in [4.78, 5) is 36.0. The Bertz CT molecular complexity index is 810. The van der Waals surface area contributed by atoms with Crippen LogP contribution in [-0.4, -0.2) is 46.4 Å². The second-order valence-corrected chi connectivity index (χ2v) is 6.51. The summed E-state index contributed by atoms with van der Waals surface area (Å²) in [7, 11) is 0. The van der Waals surface area contributed by atoms with Crippen LogP contribution in [0.4, 0.5) is 4.79 Å². The van der Waals surface area contributed by atoms with Crippen molar-refractivity contribution in [2.24, 2.45) is 0 Å². The van der Waals surface area contributed by atoms with Gasteiger partial charge in [-0.2, -0.15) is 0 Å². The molecule has 3 atom stereocenters. The number of benzene rings is 2. The Labute approximate surface area is 168 Å². The summed E-state index contributed by atoms with van der Waals surface area (Å²) in [6, 6.07) is 15.2. The molecule has 2 rings (SSSR count). The van der Waals surface area contributed by atoms with E-state index in [4.69, 9.17) is 4.74 Å². The molecule has 154 valence electrons. The molecule has 2 aromatic carbocycles. The van der Waals surface area contributed by atoms with Gasteiger partial charge in [-0.05, 0) is 18.1 Å². The molecule has 2 amide bonds. The summed E-state index contributed by atoms with van der Waals surface area (Å²) >= 11 is 0. The van der Waals surface area contributed by atoms with Gasteiger partial charge >= 0.3 is 12.1 Å². The number of carbonyl (C=O) groups excluding carboxylic acids is 2. The molecule has 0 heterocycles. The Morgan fingerprint density at radius 2 is 1.48 bits per heavy atom. The van der Waals surface area contributed by atoms with Crippen LogP contribution in [-0.2, 0) is 27.4 Å². The van der Waals surface area contributed by atoms with Crippen LogP contribution in [0.3, 0.4) is 0 Å². The van der Waals surface area contributed by atoms with E-state index in [1.54, 1.807) is 54.6 Å². The molecular weight excluding hydrogens is 376 g/mol. The second-order valence-electron chi connectivity index (χ2n) is 6.51. The minimum atomic E-state index is -1.36. The van der Waals surface area contributed by atoms with Crippen LogP contribution < -0.4 is 10.6 Å². The van der Waals surface area contributed by atoms with Gasteiger partial charge in [0.05, 0.1) is 6.10 Å². The van der Waals surface area contributed by atoms with Crippen molar-refractivity contribution in [1.29, 1.82) is 0 Å². The average Bonchev–Trinajstić information content (AvgIpc) is 2.71. The smallest absolute Gasteiger partial charge is 0.408 e. The molecule has 0 saturated heterocycles. The van der Waals surface area contributed by atoms with Crippen molar-refractivity contribution in [2.75, 3.05) is 0 Å². The van der Waals surface area contributed by atoms with E-state index in [1.807, 2.05) is 6.07 Å². The minimum absolute atomic E-state index is 0.00736. The molecule has 8 heteroatoms. The summed E-state index contributed by atoms with van der Waals surface area (Å²) in [5.74, 6) is -2.04. The first kappa shape index (κ1) is 21.9. The highest BCUT2D eigenvalue weighted by atomic mass is 16.5. The van der Waals surface area contributed by atoms with Gasteiger partial charge in [-0.25, -0.2) is 9.59 Å².